The van der Waals surface area contributed by atoms with Crippen LogP contribution in [0.5, 0.6) is 0 Å². The molecule has 1 atom stereocenters. The van der Waals surface area contributed by atoms with E-state index in [4.69, 9.17) is 17.5 Å². The third-order valence-corrected chi connectivity index (χ3v) is 6.20. The van der Waals surface area contributed by atoms with Gasteiger partial charge in [0.2, 0.25) is 5.91 Å². The minimum absolute atomic E-state index is 0.154. The minimum atomic E-state index is -0.360. The number of rotatable bonds is 5. The first-order chi connectivity index (χ1) is 13.0. The van der Waals surface area contributed by atoms with Crippen molar-refractivity contribution in [2.24, 2.45) is 0 Å². The molecule has 1 N–H and O–H groups in total. The summed E-state index contributed by atoms with van der Waals surface area (Å²) < 4.78 is 3.11. The summed E-state index contributed by atoms with van der Waals surface area (Å²) in [5.74, 6) is -0.154. The Morgan fingerprint density at radius 2 is 2.11 bits per heavy atom. The molecule has 0 fully saturated rings. The predicted octanol–water partition coefficient (Wildman–Crippen LogP) is 4.96. The van der Waals surface area contributed by atoms with Crippen LogP contribution in [0.25, 0.3) is 5.69 Å². The first-order valence-electron chi connectivity index (χ1n) is 8.12. The molecule has 0 spiro atoms. The molecule has 3 aromatic rings. The molecule has 0 saturated carbocycles. The molecule has 1 heterocycles. The van der Waals surface area contributed by atoms with Crippen LogP contribution >= 0.6 is 35.3 Å². The van der Waals surface area contributed by atoms with Crippen molar-refractivity contribution in [3.8, 4) is 11.8 Å². The van der Waals surface area contributed by atoms with Crippen LogP contribution in [-0.4, -0.2) is 20.9 Å². The lowest BCUT2D eigenvalue weighted by atomic mass is 10.2. The van der Waals surface area contributed by atoms with E-state index in [1.165, 1.54) is 23.1 Å². The molecule has 0 unspecified atom stereocenters. The molecule has 0 aliphatic rings. The summed E-state index contributed by atoms with van der Waals surface area (Å²) in [6.45, 7) is 3.82. The lowest BCUT2D eigenvalue weighted by Gasteiger charge is -2.10. The van der Waals surface area contributed by atoms with Crippen LogP contribution in [0.4, 0.5) is 5.69 Å². The van der Waals surface area contributed by atoms with Gasteiger partial charge in [-0.05, 0) is 55.9 Å². The average molecular weight is 413 g/mol. The Hall–Kier alpha value is -2.47. The lowest BCUT2D eigenvalue weighted by molar-refractivity contribution is -0.115. The molecule has 3 rings (SSSR count). The Morgan fingerprint density at radius 1 is 1.33 bits per heavy atom. The molecule has 1 amide bonds. The molecular weight excluding hydrogens is 396 g/mol. The van der Waals surface area contributed by atoms with Crippen molar-refractivity contribution in [1.82, 2.24) is 9.78 Å². The number of thioether (sulfide) groups is 1. The summed E-state index contributed by atoms with van der Waals surface area (Å²) in [5, 5.41) is 16.0. The zero-order valence-electron chi connectivity index (χ0n) is 14.7. The molecule has 0 bridgehead atoms. The number of benzene rings is 2. The number of aryl methyl sites for hydroxylation is 1. The van der Waals surface area contributed by atoms with Gasteiger partial charge in [-0.3, -0.25) is 4.79 Å². The van der Waals surface area contributed by atoms with E-state index in [9.17, 15) is 4.79 Å². The Bertz CT molecular complexity index is 1080. The summed E-state index contributed by atoms with van der Waals surface area (Å²) >= 11 is 8.18. The van der Waals surface area contributed by atoms with Crippen LogP contribution < -0.4 is 5.32 Å². The second-order valence-corrected chi connectivity index (χ2v) is 8.98. The summed E-state index contributed by atoms with van der Waals surface area (Å²) in [7, 11) is 0. The monoisotopic (exact) mass is 412 g/mol. The van der Waals surface area contributed by atoms with E-state index in [-0.39, 0.29) is 11.2 Å². The molecule has 2 aromatic carbocycles. The van der Waals surface area contributed by atoms with Crippen molar-refractivity contribution in [2.75, 3.05) is 5.32 Å². The maximum Gasteiger partial charge on any atom is 0.237 e. The van der Waals surface area contributed by atoms with Gasteiger partial charge in [-0.15, -0.1) is 5.10 Å². The van der Waals surface area contributed by atoms with Crippen LogP contribution in [0.2, 0.25) is 0 Å². The number of carbonyl (C=O) groups is 1. The highest BCUT2D eigenvalue weighted by Gasteiger charge is 2.18. The molecule has 27 heavy (non-hydrogen) atoms. The highest BCUT2D eigenvalue weighted by molar-refractivity contribution is 8.02. The second-order valence-electron chi connectivity index (χ2n) is 5.77. The number of nitrogens with zero attached hydrogens (tertiary/aromatic N) is 3. The van der Waals surface area contributed by atoms with Crippen molar-refractivity contribution in [3.63, 3.8) is 0 Å². The van der Waals surface area contributed by atoms with Crippen molar-refractivity contribution in [1.29, 1.82) is 5.26 Å². The Balaban J connectivity index is 1.73. The van der Waals surface area contributed by atoms with Gasteiger partial charge >= 0.3 is 0 Å². The van der Waals surface area contributed by atoms with E-state index in [2.05, 4.69) is 16.5 Å². The number of anilines is 1. The standard InChI is InChI=1S/C19H16N4OS3/c1-12-6-3-4-9-16(12)23-19(25)27-18(22-23)26-13(2)17(24)21-15-8-5-7-14(10-15)11-20/h3-10,13H,1-2H3,(H,21,24)/t13-/m1/s1. The Labute approximate surface area is 170 Å². The topological polar surface area (TPSA) is 70.7 Å². The number of para-hydroxylation sites is 1. The van der Waals surface area contributed by atoms with Crippen molar-refractivity contribution < 1.29 is 4.79 Å². The fourth-order valence-electron chi connectivity index (χ4n) is 2.38. The number of hydrogen-bond donors (Lipinski definition) is 1. The van der Waals surface area contributed by atoms with E-state index in [0.717, 1.165) is 15.6 Å². The van der Waals surface area contributed by atoms with Crippen LogP contribution in [0, 0.1) is 22.2 Å². The maximum atomic E-state index is 12.5. The zero-order valence-corrected chi connectivity index (χ0v) is 17.1. The molecular formula is C19H16N4OS3. The van der Waals surface area contributed by atoms with Crippen LogP contribution in [0.15, 0.2) is 52.9 Å². The van der Waals surface area contributed by atoms with Gasteiger partial charge in [0.25, 0.3) is 0 Å². The van der Waals surface area contributed by atoms with Gasteiger partial charge in [0.1, 0.15) is 0 Å². The summed E-state index contributed by atoms with van der Waals surface area (Å²) in [5.41, 5.74) is 3.13. The second kappa shape index (κ2) is 8.48. The van der Waals surface area contributed by atoms with E-state index in [1.54, 1.807) is 28.9 Å². The largest absolute Gasteiger partial charge is 0.325 e. The van der Waals surface area contributed by atoms with E-state index >= 15 is 0 Å². The van der Waals surface area contributed by atoms with E-state index in [0.29, 0.717) is 15.2 Å². The number of aromatic nitrogens is 2. The third-order valence-electron chi connectivity index (χ3n) is 3.78. The number of nitrogens with one attached hydrogen (secondary N) is 1. The van der Waals surface area contributed by atoms with Gasteiger partial charge in [-0.1, -0.05) is 47.4 Å². The molecule has 0 aliphatic heterocycles. The average Bonchev–Trinajstić information content (AvgIpc) is 3.02. The normalized spacial score (nSPS) is 11.6. The van der Waals surface area contributed by atoms with Crippen molar-refractivity contribution >= 4 is 46.9 Å². The van der Waals surface area contributed by atoms with Crippen LogP contribution in [0.1, 0.15) is 18.1 Å². The van der Waals surface area contributed by atoms with Crippen LogP contribution in [-0.2, 0) is 4.79 Å². The van der Waals surface area contributed by atoms with Gasteiger partial charge in [0.05, 0.1) is 22.6 Å². The predicted molar refractivity (Wildman–Crippen MR) is 112 cm³/mol. The molecule has 0 aliphatic carbocycles. The van der Waals surface area contributed by atoms with E-state index < -0.39 is 0 Å². The lowest BCUT2D eigenvalue weighted by Crippen LogP contribution is -2.22. The van der Waals surface area contributed by atoms with Gasteiger partial charge in [-0.25, -0.2) is 4.68 Å². The Morgan fingerprint density at radius 3 is 2.85 bits per heavy atom. The maximum absolute atomic E-state index is 12.5. The first kappa shape index (κ1) is 19.3. The van der Waals surface area contributed by atoms with Gasteiger partial charge in [0, 0.05) is 5.69 Å². The van der Waals surface area contributed by atoms with E-state index in [1.807, 2.05) is 38.1 Å². The van der Waals surface area contributed by atoms with Gasteiger partial charge in [0.15, 0.2) is 8.29 Å². The molecule has 0 saturated heterocycles. The molecule has 5 nitrogen and oxygen atoms in total. The number of amides is 1. The van der Waals surface area contributed by atoms with Crippen LogP contribution in [0.3, 0.4) is 0 Å². The summed E-state index contributed by atoms with van der Waals surface area (Å²) in [4.78, 5) is 12.5. The Kier molecular flexibility index (Phi) is 6.06. The highest BCUT2D eigenvalue weighted by atomic mass is 32.2. The fraction of sp³-hybridized carbons (Fsp3) is 0.158. The smallest absolute Gasteiger partial charge is 0.237 e. The number of nitriles is 1. The van der Waals surface area contributed by atoms with Crippen molar-refractivity contribution in [2.45, 2.75) is 23.4 Å². The molecule has 0 radical (unpaired) electrons. The SMILES string of the molecule is Cc1ccccc1-n1nc(S[C@H](C)C(=O)Nc2cccc(C#N)c2)sc1=S. The van der Waals surface area contributed by atoms with Crippen molar-refractivity contribution in [3.05, 3.63) is 63.6 Å². The summed E-state index contributed by atoms with van der Waals surface area (Å²) in [6.07, 6.45) is 0. The number of carbonyl (C=O) groups excluding carboxylic acids is 1. The molecule has 136 valence electrons. The highest BCUT2D eigenvalue weighted by Crippen LogP contribution is 2.29. The quantitative estimate of drug-likeness (QED) is 0.474. The first-order valence-corrected chi connectivity index (χ1v) is 10.2. The minimum Gasteiger partial charge on any atom is -0.325 e. The van der Waals surface area contributed by atoms with Gasteiger partial charge in [-0.2, -0.15) is 5.26 Å². The third kappa shape index (κ3) is 4.63. The number of hydrogen-bond acceptors (Lipinski definition) is 6. The van der Waals surface area contributed by atoms with Gasteiger partial charge < -0.3 is 5.32 Å². The molecule has 1 aromatic heterocycles. The summed E-state index contributed by atoms with van der Waals surface area (Å²) in [6, 6.07) is 16.8. The fourth-order valence-corrected chi connectivity index (χ4v) is 4.87. The molecule has 8 heteroatoms. The zero-order chi connectivity index (χ0) is 19.4.